The highest BCUT2D eigenvalue weighted by Gasteiger charge is 2.30. The van der Waals surface area contributed by atoms with E-state index < -0.39 is 0 Å². The lowest BCUT2D eigenvalue weighted by Crippen LogP contribution is -2.40. The number of nitrogens with one attached hydrogen (secondary N) is 1. The van der Waals surface area contributed by atoms with Crippen molar-refractivity contribution in [1.29, 1.82) is 0 Å². The van der Waals surface area contributed by atoms with E-state index >= 15 is 0 Å². The van der Waals surface area contributed by atoms with Crippen molar-refractivity contribution in [2.45, 2.75) is 59.2 Å². The number of nitrogens with zero attached hydrogens (tertiary/aromatic N) is 4. The summed E-state index contributed by atoms with van der Waals surface area (Å²) >= 11 is 1.70. The van der Waals surface area contributed by atoms with Crippen molar-refractivity contribution < 1.29 is 0 Å². The topological polar surface area (TPSA) is 43.8 Å². The van der Waals surface area contributed by atoms with Gasteiger partial charge in [0.2, 0.25) is 0 Å². The van der Waals surface area contributed by atoms with E-state index in [4.69, 9.17) is 4.99 Å². The van der Waals surface area contributed by atoms with E-state index in [9.17, 15) is 0 Å². The lowest BCUT2D eigenvalue weighted by molar-refractivity contribution is 0.217. The molecule has 0 unspecified atom stereocenters. The lowest BCUT2D eigenvalue weighted by atomic mass is 10.3. The Morgan fingerprint density at radius 2 is 2.22 bits per heavy atom. The van der Waals surface area contributed by atoms with Crippen molar-refractivity contribution in [2.75, 3.05) is 26.7 Å². The van der Waals surface area contributed by atoms with Crippen LogP contribution in [0.25, 0.3) is 0 Å². The van der Waals surface area contributed by atoms with E-state index in [0.717, 1.165) is 48.9 Å². The van der Waals surface area contributed by atoms with Crippen LogP contribution in [0.2, 0.25) is 0 Å². The molecule has 5 nitrogen and oxygen atoms in total. The van der Waals surface area contributed by atoms with Crippen molar-refractivity contribution in [2.24, 2.45) is 4.99 Å². The Morgan fingerprint density at radius 3 is 2.74 bits per heavy atom. The van der Waals surface area contributed by atoms with E-state index in [-0.39, 0.29) is 0 Å². The first-order valence-electron chi connectivity index (χ1n) is 8.67. The molecular formula is C17H31N5S. The molecule has 0 atom stereocenters. The van der Waals surface area contributed by atoms with E-state index in [1.807, 2.05) is 6.92 Å². The summed E-state index contributed by atoms with van der Waals surface area (Å²) in [5.41, 5.74) is 1.11. The quantitative estimate of drug-likeness (QED) is 0.585. The molecular weight excluding hydrogens is 306 g/mol. The first-order valence-corrected chi connectivity index (χ1v) is 9.55. The number of thiazole rings is 1. The summed E-state index contributed by atoms with van der Waals surface area (Å²) in [5, 5.41) is 6.64. The monoisotopic (exact) mass is 337 g/mol. The van der Waals surface area contributed by atoms with Gasteiger partial charge in [-0.3, -0.25) is 9.89 Å². The second-order valence-electron chi connectivity index (χ2n) is 6.51. The molecule has 1 aromatic rings. The summed E-state index contributed by atoms with van der Waals surface area (Å²) in [7, 11) is 2.08. The molecule has 0 saturated heterocycles. The van der Waals surface area contributed by atoms with Crippen LogP contribution in [0.3, 0.4) is 0 Å². The van der Waals surface area contributed by atoms with Gasteiger partial charge in [0.1, 0.15) is 0 Å². The van der Waals surface area contributed by atoms with Crippen molar-refractivity contribution in [1.82, 2.24) is 20.1 Å². The summed E-state index contributed by atoms with van der Waals surface area (Å²) in [6.45, 7) is 12.3. The molecule has 2 rings (SSSR count). The average molecular weight is 338 g/mol. The fourth-order valence-electron chi connectivity index (χ4n) is 2.81. The van der Waals surface area contributed by atoms with Gasteiger partial charge in [0.25, 0.3) is 0 Å². The van der Waals surface area contributed by atoms with Gasteiger partial charge in [0, 0.05) is 37.6 Å². The van der Waals surface area contributed by atoms with Crippen molar-refractivity contribution in [3.05, 3.63) is 16.1 Å². The zero-order chi connectivity index (χ0) is 16.8. The second-order valence-corrected chi connectivity index (χ2v) is 7.57. The minimum absolute atomic E-state index is 0.607. The molecule has 1 N–H and O–H groups in total. The second kappa shape index (κ2) is 8.64. The Balaban J connectivity index is 1.90. The summed E-state index contributed by atoms with van der Waals surface area (Å²) in [6.07, 6.45) is 2.70. The van der Waals surface area contributed by atoms with Gasteiger partial charge in [-0.15, -0.1) is 11.3 Å². The Morgan fingerprint density at radius 1 is 1.48 bits per heavy atom. The highest BCUT2D eigenvalue weighted by Crippen LogP contribution is 2.28. The molecule has 0 bridgehead atoms. The molecule has 0 radical (unpaired) electrons. The van der Waals surface area contributed by atoms with Crippen LogP contribution in [0.15, 0.2) is 10.4 Å². The van der Waals surface area contributed by atoms with Crippen LogP contribution in [0, 0.1) is 6.92 Å². The third-order valence-electron chi connectivity index (χ3n) is 4.06. The third kappa shape index (κ3) is 5.77. The fraction of sp³-hybridized carbons (Fsp3) is 0.765. The zero-order valence-electron chi connectivity index (χ0n) is 15.2. The first kappa shape index (κ1) is 18.2. The maximum atomic E-state index is 4.81. The Bertz CT molecular complexity index is 505. The van der Waals surface area contributed by atoms with Gasteiger partial charge in [-0.2, -0.15) is 0 Å². The minimum Gasteiger partial charge on any atom is -0.357 e. The maximum Gasteiger partial charge on any atom is 0.194 e. The third-order valence-corrected chi connectivity index (χ3v) is 4.88. The number of rotatable bonds is 8. The molecule has 6 heteroatoms. The van der Waals surface area contributed by atoms with Crippen LogP contribution >= 0.6 is 11.3 Å². The number of aliphatic imine (C=N–C) groups is 1. The SMILES string of the molecule is CCNC(=NCCN(C(C)C)C1CC1)N(C)Cc1csc(C)n1. The van der Waals surface area contributed by atoms with Gasteiger partial charge >= 0.3 is 0 Å². The van der Waals surface area contributed by atoms with Crippen LogP contribution < -0.4 is 5.32 Å². The largest absolute Gasteiger partial charge is 0.357 e. The summed E-state index contributed by atoms with van der Waals surface area (Å²) in [6, 6.07) is 1.40. The maximum absolute atomic E-state index is 4.81. The molecule has 0 spiro atoms. The molecule has 23 heavy (non-hydrogen) atoms. The first-order chi connectivity index (χ1) is 11.0. The number of hydrogen-bond donors (Lipinski definition) is 1. The number of aromatic nitrogens is 1. The van der Waals surface area contributed by atoms with Gasteiger partial charge in [-0.25, -0.2) is 4.98 Å². The van der Waals surface area contributed by atoms with Crippen LogP contribution in [0.1, 0.15) is 44.3 Å². The smallest absolute Gasteiger partial charge is 0.194 e. The van der Waals surface area contributed by atoms with E-state index in [1.165, 1.54) is 12.8 Å². The zero-order valence-corrected chi connectivity index (χ0v) is 16.0. The Hall–Kier alpha value is -1.14. The fourth-order valence-corrected chi connectivity index (χ4v) is 3.41. The molecule has 0 amide bonds. The average Bonchev–Trinajstić information content (AvgIpc) is 3.24. The van der Waals surface area contributed by atoms with Crippen molar-refractivity contribution in [3.8, 4) is 0 Å². The van der Waals surface area contributed by atoms with E-state index in [0.29, 0.717) is 6.04 Å². The van der Waals surface area contributed by atoms with Gasteiger partial charge in [-0.1, -0.05) is 0 Å². The lowest BCUT2D eigenvalue weighted by Gasteiger charge is -2.26. The number of guanidine groups is 1. The molecule has 1 aliphatic carbocycles. The molecule has 1 heterocycles. The normalized spacial score (nSPS) is 15.5. The molecule has 0 aliphatic heterocycles. The highest BCUT2D eigenvalue weighted by atomic mass is 32.1. The Labute approximate surface area is 144 Å². The highest BCUT2D eigenvalue weighted by molar-refractivity contribution is 7.09. The molecule has 1 fully saturated rings. The van der Waals surface area contributed by atoms with Crippen molar-refractivity contribution >= 4 is 17.3 Å². The minimum atomic E-state index is 0.607. The van der Waals surface area contributed by atoms with E-state index in [2.05, 4.69) is 53.3 Å². The summed E-state index contributed by atoms with van der Waals surface area (Å²) in [5.74, 6) is 0.970. The van der Waals surface area contributed by atoms with Crippen molar-refractivity contribution in [3.63, 3.8) is 0 Å². The molecule has 1 saturated carbocycles. The van der Waals surface area contributed by atoms with Gasteiger partial charge in [0.05, 0.1) is 23.8 Å². The summed E-state index contributed by atoms with van der Waals surface area (Å²) < 4.78 is 0. The number of hydrogen-bond acceptors (Lipinski definition) is 4. The van der Waals surface area contributed by atoms with Gasteiger partial charge in [-0.05, 0) is 40.5 Å². The Kier molecular flexibility index (Phi) is 6.84. The molecule has 130 valence electrons. The predicted octanol–water partition coefficient (Wildman–Crippen LogP) is 2.72. The van der Waals surface area contributed by atoms with Gasteiger partial charge in [0.15, 0.2) is 5.96 Å². The van der Waals surface area contributed by atoms with Gasteiger partial charge < -0.3 is 10.2 Å². The number of aryl methyl sites for hydroxylation is 1. The summed E-state index contributed by atoms with van der Waals surface area (Å²) in [4.78, 5) is 14.1. The molecule has 0 aromatic carbocycles. The van der Waals surface area contributed by atoms with Crippen LogP contribution in [0.4, 0.5) is 0 Å². The predicted molar refractivity (Wildman–Crippen MR) is 99.2 cm³/mol. The van der Waals surface area contributed by atoms with Crippen LogP contribution in [-0.4, -0.2) is 59.5 Å². The van der Waals surface area contributed by atoms with Crippen LogP contribution in [0.5, 0.6) is 0 Å². The molecule has 1 aromatic heterocycles. The molecule has 1 aliphatic rings. The van der Waals surface area contributed by atoms with E-state index in [1.54, 1.807) is 11.3 Å². The van der Waals surface area contributed by atoms with Crippen LogP contribution in [-0.2, 0) is 6.54 Å². The standard InChI is InChI=1S/C17H31N5S/c1-6-18-17(21(5)11-15-12-23-14(4)20-15)19-9-10-22(13(2)3)16-7-8-16/h12-13,16H,6-11H2,1-5H3,(H,18,19).